The van der Waals surface area contributed by atoms with Gasteiger partial charge in [0.2, 0.25) is 0 Å². The van der Waals surface area contributed by atoms with Gasteiger partial charge in [-0.1, -0.05) is 12.1 Å². The molecule has 0 radical (unpaired) electrons. The molecule has 0 aliphatic carbocycles. The van der Waals surface area contributed by atoms with Crippen molar-refractivity contribution in [1.82, 2.24) is 0 Å². The van der Waals surface area contributed by atoms with Crippen molar-refractivity contribution in [2.24, 2.45) is 0 Å². The second-order valence-electron chi connectivity index (χ2n) is 3.74. The zero-order valence-electron chi connectivity index (χ0n) is 9.00. The molecule has 18 heavy (non-hydrogen) atoms. The molecule has 0 unspecified atom stereocenters. The minimum Gasteiger partial charge on any atom is -0.507 e. The molecule has 0 aromatic heterocycles. The van der Waals surface area contributed by atoms with Gasteiger partial charge in [-0.15, -0.1) is 0 Å². The Hall–Kier alpha value is -2.04. The first-order valence-corrected chi connectivity index (χ1v) is 5.04. The highest BCUT2D eigenvalue weighted by Gasteiger charge is 2.30. The quantitative estimate of drug-likeness (QED) is 0.757. The minimum absolute atomic E-state index is 0.155. The van der Waals surface area contributed by atoms with E-state index in [4.69, 9.17) is 0 Å². The summed E-state index contributed by atoms with van der Waals surface area (Å²) in [4.78, 5) is 0. The van der Waals surface area contributed by atoms with Crippen molar-refractivity contribution in [2.45, 2.75) is 6.18 Å². The van der Waals surface area contributed by atoms with E-state index in [1.165, 1.54) is 18.2 Å². The summed E-state index contributed by atoms with van der Waals surface area (Å²) >= 11 is 0. The third-order valence-electron chi connectivity index (χ3n) is 2.46. The Balaban J connectivity index is 2.51. The standard InChI is InChI=1S/C13H8F4O/c14-10-4-5-11(12(18)7-10)8-2-1-3-9(6-8)13(15,16)17/h1-7,18H. The molecule has 2 aromatic carbocycles. The molecule has 5 heteroatoms. The number of hydrogen-bond donors (Lipinski definition) is 1. The lowest BCUT2D eigenvalue weighted by atomic mass is 10.0. The fourth-order valence-corrected chi connectivity index (χ4v) is 1.61. The average molecular weight is 256 g/mol. The lowest BCUT2D eigenvalue weighted by Gasteiger charge is -2.09. The van der Waals surface area contributed by atoms with Gasteiger partial charge in [0, 0.05) is 11.6 Å². The monoisotopic (exact) mass is 256 g/mol. The van der Waals surface area contributed by atoms with Crippen molar-refractivity contribution >= 4 is 0 Å². The maximum atomic E-state index is 12.8. The third-order valence-corrected chi connectivity index (χ3v) is 2.46. The molecule has 0 aliphatic rings. The van der Waals surface area contributed by atoms with Crippen LogP contribution in [-0.4, -0.2) is 5.11 Å². The summed E-state index contributed by atoms with van der Waals surface area (Å²) in [5, 5.41) is 9.52. The molecular formula is C13H8F4O. The van der Waals surface area contributed by atoms with Crippen molar-refractivity contribution in [1.29, 1.82) is 0 Å². The van der Waals surface area contributed by atoms with Gasteiger partial charge in [-0.2, -0.15) is 13.2 Å². The highest BCUT2D eigenvalue weighted by molar-refractivity contribution is 5.70. The Bertz CT molecular complexity index is 575. The van der Waals surface area contributed by atoms with Crippen LogP contribution < -0.4 is 0 Å². The number of phenols is 1. The van der Waals surface area contributed by atoms with E-state index in [1.807, 2.05) is 0 Å². The number of rotatable bonds is 1. The molecule has 0 heterocycles. The molecule has 0 aliphatic heterocycles. The van der Waals surface area contributed by atoms with Crippen LogP contribution in [0.3, 0.4) is 0 Å². The lowest BCUT2D eigenvalue weighted by molar-refractivity contribution is -0.137. The van der Waals surface area contributed by atoms with E-state index in [0.29, 0.717) is 0 Å². The van der Waals surface area contributed by atoms with Gasteiger partial charge in [-0.05, 0) is 29.8 Å². The van der Waals surface area contributed by atoms with E-state index in [2.05, 4.69) is 0 Å². The van der Waals surface area contributed by atoms with E-state index in [0.717, 1.165) is 24.3 Å². The van der Waals surface area contributed by atoms with Crippen LogP contribution >= 0.6 is 0 Å². The molecule has 0 atom stereocenters. The number of alkyl halides is 3. The number of phenolic OH excluding ortho intramolecular Hbond substituents is 1. The Morgan fingerprint density at radius 3 is 2.28 bits per heavy atom. The molecular weight excluding hydrogens is 248 g/mol. The molecule has 0 fully saturated rings. The number of hydrogen-bond acceptors (Lipinski definition) is 1. The normalized spacial score (nSPS) is 11.6. The minimum atomic E-state index is -4.45. The fourth-order valence-electron chi connectivity index (χ4n) is 1.61. The highest BCUT2D eigenvalue weighted by Crippen LogP contribution is 2.35. The molecule has 0 saturated heterocycles. The van der Waals surface area contributed by atoms with Crippen molar-refractivity contribution in [3.05, 3.63) is 53.8 Å². The van der Waals surface area contributed by atoms with Gasteiger partial charge in [0.15, 0.2) is 0 Å². The van der Waals surface area contributed by atoms with E-state index in [1.54, 1.807) is 0 Å². The predicted molar refractivity (Wildman–Crippen MR) is 58.5 cm³/mol. The van der Waals surface area contributed by atoms with Crippen molar-refractivity contribution in [3.63, 3.8) is 0 Å². The summed E-state index contributed by atoms with van der Waals surface area (Å²) in [6.07, 6.45) is -4.45. The first-order chi connectivity index (χ1) is 8.38. The summed E-state index contributed by atoms with van der Waals surface area (Å²) in [7, 11) is 0. The van der Waals surface area contributed by atoms with Crippen molar-refractivity contribution in [3.8, 4) is 16.9 Å². The Labute approximate surface area is 100 Å². The molecule has 1 nitrogen and oxygen atoms in total. The van der Waals surface area contributed by atoms with Gasteiger partial charge < -0.3 is 5.11 Å². The maximum Gasteiger partial charge on any atom is 0.416 e. The lowest BCUT2D eigenvalue weighted by Crippen LogP contribution is -2.04. The van der Waals surface area contributed by atoms with Gasteiger partial charge in [0.1, 0.15) is 11.6 Å². The second-order valence-corrected chi connectivity index (χ2v) is 3.74. The zero-order chi connectivity index (χ0) is 13.3. The van der Waals surface area contributed by atoms with Gasteiger partial charge in [0.05, 0.1) is 5.56 Å². The largest absolute Gasteiger partial charge is 0.507 e. The Morgan fingerprint density at radius 1 is 0.944 bits per heavy atom. The van der Waals surface area contributed by atoms with Crippen LogP contribution in [0.25, 0.3) is 11.1 Å². The van der Waals surface area contributed by atoms with Crippen molar-refractivity contribution in [2.75, 3.05) is 0 Å². The molecule has 1 N–H and O–H groups in total. The van der Waals surface area contributed by atoms with Gasteiger partial charge in [-0.25, -0.2) is 4.39 Å². The second kappa shape index (κ2) is 4.33. The number of benzene rings is 2. The topological polar surface area (TPSA) is 20.2 Å². The average Bonchev–Trinajstić information content (AvgIpc) is 2.28. The summed E-state index contributed by atoms with van der Waals surface area (Å²) in [5.74, 6) is -1.04. The Kier molecular flexibility index (Phi) is 2.98. The Morgan fingerprint density at radius 2 is 1.67 bits per heavy atom. The predicted octanol–water partition coefficient (Wildman–Crippen LogP) is 4.22. The van der Waals surface area contributed by atoms with Crippen LogP contribution in [0.2, 0.25) is 0 Å². The molecule has 94 valence electrons. The van der Waals surface area contributed by atoms with Crippen LogP contribution in [0.1, 0.15) is 5.56 Å². The number of halogens is 4. The summed E-state index contributed by atoms with van der Waals surface area (Å²) in [6, 6.07) is 7.67. The van der Waals surface area contributed by atoms with E-state index in [-0.39, 0.29) is 11.1 Å². The SMILES string of the molecule is Oc1cc(F)ccc1-c1cccc(C(F)(F)F)c1. The molecule has 0 saturated carbocycles. The molecule has 0 bridgehead atoms. The summed E-state index contributed by atoms with van der Waals surface area (Å²) < 4.78 is 50.4. The van der Waals surface area contributed by atoms with Gasteiger partial charge in [-0.3, -0.25) is 0 Å². The smallest absolute Gasteiger partial charge is 0.416 e. The summed E-state index contributed by atoms with van der Waals surface area (Å²) in [5.41, 5.74) is -0.478. The van der Waals surface area contributed by atoms with Crippen LogP contribution in [0.4, 0.5) is 17.6 Å². The third kappa shape index (κ3) is 2.45. The molecule has 0 amide bonds. The zero-order valence-corrected chi connectivity index (χ0v) is 9.00. The van der Waals surface area contributed by atoms with Crippen LogP contribution in [-0.2, 0) is 6.18 Å². The molecule has 0 spiro atoms. The first-order valence-electron chi connectivity index (χ1n) is 5.04. The summed E-state index contributed by atoms with van der Waals surface area (Å²) in [6.45, 7) is 0. The van der Waals surface area contributed by atoms with Crippen LogP contribution in [0.5, 0.6) is 5.75 Å². The van der Waals surface area contributed by atoms with Gasteiger partial charge >= 0.3 is 6.18 Å². The fraction of sp³-hybridized carbons (Fsp3) is 0.0769. The number of aromatic hydroxyl groups is 1. The maximum absolute atomic E-state index is 12.8. The van der Waals surface area contributed by atoms with Crippen molar-refractivity contribution < 1.29 is 22.7 Å². The van der Waals surface area contributed by atoms with E-state index in [9.17, 15) is 22.7 Å². The van der Waals surface area contributed by atoms with Gasteiger partial charge in [0.25, 0.3) is 0 Å². The van der Waals surface area contributed by atoms with E-state index >= 15 is 0 Å². The van der Waals surface area contributed by atoms with E-state index < -0.39 is 23.3 Å². The molecule has 2 aromatic rings. The first kappa shape index (κ1) is 12.4. The van der Waals surface area contributed by atoms with Crippen LogP contribution in [0.15, 0.2) is 42.5 Å². The highest BCUT2D eigenvalue weighted by atomic mass is 19.4. The van der Waals surface area contributed by atoms with Crippen LogP contribution in [0, 0.1) is 5.82 Å². The molecule has 2 rings (SSSR count).